The molecule has 0 spiro atoms. The standard InChI is InChI=1S/C8H16N2O2/c1-4-5-6-7(9-12)8(11)10(2)3/h7H,4-6H2,1-3H3/t7-/m1/s1. The van der Waals surface area contributed by atoms with Gasteiger partial charge in [-0.05, 0) is 6.42 Å². The lowest BCUT2D eigenvalue weighted by Crippen LogP contribution is -2.32. The van der Waals surface area contributed by atoms with Gasteiger partial charge in [-0.1, -0.05) is 24.9 Å². The van der Waals surface area contributed by atoms with Gasteiger partial charge in [0.2, 0.25) is 0 Å². The highest BCUT2D eigenvalue weighted by Crippen LogP contribution is 2.06. The lowest BCUT2D eigenvalue weighted by atomic mass is 10.1. The maximum absolute atomic E-state index is 11.2. The van der Waals surface area contributed by atoms with E-state index in [1.807, 2.05) is 6.92 Å². The van der Waals surface area contributed by atoms with E-state index in [0.29, 0.717) is 6.42 Å². The van der Waals surface area contributed by atoms with Gasteiger partial charge in [0.25, 0.3) is 5.91 Å². The van der Waals surface area contributed by atoms with Crippen LogP contribution < -0.4 is 0 Å². The summed E-state index contributed by atoms with van der Waals surface area (Å²) in [7, 11) is 3.26. The molecule has 0 N–H and O–H groups in total. The quantitative estimate of drug-likeness (QED) is 0.588. The summed E-state index contributed by atoms with van der Waals surface area (Å²) in [6.07, 6.45) is 2.42. The minimum atomic E-state index is -0.681. The minimum Gasteiger partial charge on any atom is -0.347 e. The van der Waals surface area contributed by atoms with E-state index in [4.69, 9.17) is 0 Å². The molecule has 0 bridgehead atoms. The minimum absolute atomic E-state index is 0.196. The van der Waals surface area contributed by atoms with Crippen LogP contribution in [0.25, 0.3) is 0 Å². The van der Waals surface area contributed by atoms with E-state index in [0.717, 1.165) is 12.8 Å². The first kappa shape index (κ1) is 11.1. The van der Waals surface area contributed by atoms with Crippen LogP contribution in [0.4, 0.5) is 0 Å². The number of nitrogens with zero attached hydrogens (tertiary/aromatic N) is 2. The van der Waals surface area contributed by atoms with Crippen molar-refractivity contribution in [1.82, 2.24) is 4.90 Å². The van der Waals surface area contributed by atoms with Crippen molar-refractivity contribution in [2.75, 3.05) is 14.1 Å². The van der Waals surface area contributed by atoms with Crippen LogP contribution in [0, 0.1) is 4.91 Å². The summed E-state index contributed by atoms with van der Waals surface area (Å²) >= 11 is 0. The van der Waals surface area contributed by atoms with Gasteiger partial charge in [0.1, 0.15) is 0 Å². The SMILES string of the molecule is CCCC[C@@H](N=O)C(=O)N(C)C. The van der Waals surface area contributed by atoms with Crippen molar-refractivity contribution in [1.29, 1.82) is 0 Å². The van der Waals surface area contributed by atoms with Gasteiger partial charge in [0, 0.05) is 14.1 Å². The van der Waals surface area contributed by atoms with Gasteiger partial charge in [-0.25, -0.2) is 0 Å². The molecule has 0 aromatic heterocycles. The molecule has 70 valence electrons. The molecule has 0 aliphatic carbocycles. The van der Waals surface area contributed by atoms with Gasteiger partial charge in [-0.2, -0.15) is 0 Å². The van der Waals surface area contributed by atoms with Crippen LogP contribution in [-0.2, 0) is 4.79 Å². The van der Waals surface area contributed by atoms with E-state index in [2.05, 4.69) is 5.18 Å². The molecule has 4 heteroatoms. The number of nitroso groups, excluding NO2 is 1. The summed E-state index contributed by atoms with van der Waals surface area (Å²) < 4.78 is 0. The Bertz CT molecular complexity index is 157. The Morgan fingerprint density at radius 1 is 1.50 bits per heavy atom. The first-order valence-corrected chi connectivity index (χ1v) is 4.17. The Kier molecular flexibility index (Phi) is 5.25. The van der Waals surface area contributed by atoms with Crippen LogP contribution in [0.5, 0.6) is 0 Å². The summed E-state index contributed by atoms with van der Waals surface area (Å²) in [5.74, 6) is -0.196. The average Bonchev–Trinajstić information content (AvgIpc) is 2.05. The molecule has 1 amide bonds. The van der Waals surface area contributed by atoms with Crippen molar-refractivity contribution >= 4 is 5.91 Å². The second-order valence-corrected chi connectivity index (χ2v) is 3.00. The summed E-state index contributed by atoms with van der Waals surface area (Å²) in [4.78, 5) is 22.9. The van der Waals surface area contributed by atoms with Crippen LogP contribution in [0.3, 0.4) is 0 Å². The molecule has 0 heterocycles. The number of amides is 1. The molecule has 1 atom stereocenters. The monoisotopic (exact) mass is 172 g/mol. The molecule has 0 aromatic carbocycles. The van der Waals surface area contributed by atoms with E-state index >= 15 is 0 Å². The molecule has 0 radical (unpaired) electrons. The molecule has 0 fully saturated rings. The van der Waals surface area contributed by atoms with Crippen molar-refractivity contribution in [2.24, 2.45) is 5.18 Å². The van der Waals surface area contributed by atoms with Gasteiger partial charge < -0.3 is 4.90 Å². The summed E-state index contributed by atoms with van der Waals surface area (Å²) in [6, 6.07) is -0.681. The fourth-order valence-electron chi connectivity index (χ4n) is 0.917. The molecule has 0 saturated carbocycles. The highest BCUT2D eigenvalue weighted by atomic mass is 16.3. The van der Waals surface area contributed by atoms with Crippen LogP contribution in [0.15, 0.2) is 5.18 Å². The third kappa shape index (κ3) is 3.46. The fraction of sp³-hybridized carbons (Fsp3) is 0.875. The summed E-state index contributed by atoms with van der Waals surface area (Å²) in [5.41, 5.74) is 0. The molecule has 0 aliphatic heterocycles. The van der Waals surface area contributed by atoms with E-state index < -0.39 is 6.04 Å². The van der Waals surface area contributed by atoms with E-state index in [1.165, 1.54) is 4.90 Å². The number of carbonyl (C=O) groups excluding carboxylic acids is 1. The van der Waals surface area contributed by atoms with E-state index in [1.54, 1.807) is 14.1 Å². The molecule has 0 saturated heterocycles. The van der Waals surface area contributed by atoms with Crippen molar-refractivity contribution in [3.63, 3.8) is 0 Å². The van der Waals surface area contributed by atoms with Gasteiger partial charge in [0.15, 0.2) is 6.04 Å². The van der Waals surface area contributed by atoms with Crippen molar-refractivity contribution < 1.29 is 4.79 Å². The summed E-state index contributed by atoms with van der Waals surface area (Å²) in [6.45, 7) is 2.02. The predicted molar refractivity (Wildman–Crippen MR) is 47.8 cm³/mol. The highest BCUT2D eigenvalue weighted by molar-refractivity contribution is 5.81. The Morgan fingerprint density at radius 2 is 2.08 bits per heavy atom. The average molecular weight is 172 g/mol. The topological polar surface area (TPSA) is 49.7 Å². The van der Waals surface area contributed by atoms with Gasteiger partial charge in [-0.15, -0.1) is 4.91 Å². The molecular weight excluding hydrogens is 156 g/mol. The normalized spacial score (nSPS) is 12.2. The third-order valence-electron chi connectivity index (χ3n) is 1.68. The smallest absolute Gasteiger partial charge is 0.250 e. The van der Waals surface area contributed by atoms with Gasteiger partial charge in [-0.3, -0.25) is 4.79 Å². The lowest BCUT2D eigenvalue weighted by Gasteiger charge is -2.13. The zero-order valence-electron chi connectivity index (χ0n) is 7.91. The second kappa shape index (κ2) is 5.69. The zero-order chi connectivity index (χ0) is 9.56. The van der Waals surface area contributed by atoms with Gasteiger partial charge in [0.05, 0.1) is 0 Å². The second-order valence-electron chi connectivity index (χ2n) is 3.00. The van der Waals surface area contributed by atoms with Crippen molar-refractivity contribution in [3.05, 3.63) is 4.91 Å². The molecule has 0 aromatic rings. The first-order valence-electron chi connectivity index (χ1n) is 4.17. The lowest BCUT2D eigenvalue weighted by molar-refractivity contribution is -0.130. The number of carbonyl (C=O) groups is 1. The third-order valence-corrected chi connectivity index (χ3v) is 1.68. The molecule has 0 unspecified atom stereocenters. The van der Waals surface area contributed by atoms with Crippen LogP contribution in [-0.4, -0.2) is 30.9 Å². The number of hydrogen-bond acceptors (Lipinski definition) is 3. The largest absolute Gasteiger partial charge is 0.347 e. The molecule has 0 rings (SSSR count). The van der Waals surface area contributed by atoms with Gasteiger partial charge >= 0.3 is 0 Å². The number of likely N-dealkylation sites (N-methyl/N-ethyl adjacent to an activating group) is 1. The Balaban J connectivity index is 3.96. The maximum Gasteiger partial charge on any atom is 0.250 e. The molecule has 12 heavy (non-hydrogen) atoms. The zero-order valence-corrected chi connectivity index (χ0v) is 7.91. The predicted octanol–water partition coefficient (Wildman–Crippen LogP) is 1.40. The maximum atomic E-state index is 11.2. The van der Waals surface area contributed by atoms with E-state index in [-0.39, 0.29) is 5.91 Å². The summed E-state index contributed by atoms with van der Waals surface area (Å²) in [5, 5.41) is 2.81. The number of rotatable bonds is 5. The molecular formula is C8H16N2O2. The Hall–Kier alpha value is -0.930. The van der Waals surface area contributed by atoms with Crippen LogP contribution >= 0.6 is 0 Å². The Morgan fingerprint density at radius 3 is 2.42 bits per heavy atom. The fourth-order valence-corrected chi connectivity index (χ4v) is 0.917. The molecule has 4 nitrogen and oxygen atoms in total. The number of hydrogen-bond donors (Lipinski definition) is 0. The Labute approximate surface area is 72.9 Å². The van der Waals surface area contributed by atoms with E-state index in [9.17, 15) is 9.70 Å². The van der Waals surface area contributed by atoms with Crippen LogP contribution in [0.2, 0.25) is 0 Å². The van der Waals surface area contributed by atoms with Crippen molar-refractivity contribution in [2.45, 2.75) is 32.2 Å². The first-order chi connectivity index (χ1) is 5.63. The molecule has 0 aliphatic rings. The van der Waals surface area contributed by atoms with Crippen LogP contribution in [0.1, 0.15) is 26.2 Å². The van der Waals surface area contributed by atoms with Crippen molar-refractivity contribution in [3.8, 4) is 0 Å². The number of unbranched alkanes of at least 4 members (excludes halogenated alkanes) is 1. The highest BCUT2D eigenvalue weighted by Gasteiger charge is 2.19.